The van der Waals surface area contributed by atoms with Gasteiger partial charge in [0.2, 0.25) is 0 Å². The number of allylic oxidation sites excluding steroid dienone is 1. The Bertz CT molecular complexity index is 314. The Morgan fingerprint density at radius 3 is 1.82 bits per heavy atom. The van der Waals surface area contributed by atoms with E-state index in [-0.39, 0.29) is 11.5 Å². The van der Waals surface area contributed by atoms with Crippen molar-refractivity contribution in [1.82, 2.24) is 5.32 Å². The lowest BCUT2D eigenvalue weighted by molar-refractivity contribution is 0.176. The monoisotopic (exact) mass is 237 g/mol. The Labute approximate surface area is 106 Å². The predicted octanol–water partition coefficient (Wildman–Crippen LogP) is 3.57. The average Bonchev–Trinajstić information content (AvgIpc) is 2.23. The Hall–Kier alpha value is -1.01. The molecule has 1 unspecified atom stereocenters. The molecule has 98 valence electrons. The van der Waals surface area contributed by atoms with Gasteiger partial charge in [0.15, 0.2) is 0 Å². The van der Waals surface area contributed by atoms with Gasteiger partial charge in [0.25, 0.3) is 0 Å². The summed E-state index contributed by atoms with van der Waals surface area (Å²) in [5.74, 6) is 2.86. The molecule has 0 radical (unpaired) electrons. The molecule has 1 atom stereocenters. The maximum absolute atomic E-state index is 11.3. The van der Waals surface area contributed by atoms with Crippen LogP contribution >= 0.6 is 0 Å². The lowest BCUT2D eigenvalue weighted by atomic mass is 9.68. The normalized spacial score (nSPS) is 13.5. The standard InChI is InChI=1S/C15H27NO/c1-10(2)13(7)16-14(9-17)15(8,11(3)4)12(5)6/h11-13,16H,1H2,2-8H3. The highest BCUT2D eigenvalue weighted by atomic mass is 16.1. The summed E-state index contributed by atoms with van der Waals surface area (Å²) in [5, 5.41) is 3.26. The quantitative estimate of drug-likeness (QED) is 0.565. The molecule has 0 spiro atoms. The average molecular weight is 237 g/mol. The van der Waals surface area contributed by atoms with E-state index >= 15 is 0 Å². The largest absolute Gasteiger partial charge is 0.373 e. The van der Waals surface area contributed by atoms with Gasteiger partial charge in [-0.25, -0.2) is 4.79 Å². The Kier molecular flexibility index (Phi) is 5.71. The van der Waals surface area contributed by atoms with Gasteiger partial charge in [-0.05, 0) is 25.7 Å². The lowest BCUT2D eigenvalue weighted by Crippen LogP contribution is -2.41. The van der Waals surface area contributed by atoms with Crippen LogP contribution in [0.4, 0.5) is 0 Å². The molecular weight excluding hydrogens is 210 g/mol. The fourth-order valence-electron chi connectivity index (χ4n) is 1.88. The zero-order chi connectivity index (χ0) is 13.8. The third-order valence-electron chi connectivity index (χ3n) is 4.14. The molecule has 0 bridgehead atoms. The number of hydrogen-bond donors (Lipinski definition) is 1. The van der Waals surface area contributed by atoms with Crippen LogP contribution in [0.1, 0.15) is 48.5 Å². The number of hydrogen-bond acceptors (Lipinski definition) is 2. The van der Waals surface area contributed by atoms with Crippen molar-refractivity contribution in [3.8, 4) is 0 Å². The fourth-order valence-corrected chi connectivity index (χ4v) is 1.88. The fraction of sp³-hybridized carbons (Fsp3) is 0.733. The first-order valence-electron chi connectivity index (χ1n) is 6.35. The summed E-state index contributed by atoms with van der Waals surface area (Å²) >= 11 is 0. The maximum Gasteiger partial charge on any atom is 0.146 e. The van der Waals surface area contributed by atoms with E-state index in [4.69, 9.17) is 0 Å². The first-order valence-corrected chi connectivity index (χ1v) is 6.35. The minimum absolute atomic E-state index is 0.100. The molecule has 0 aromatic carbocycles. The van der Waals surface area contributed by atoms with E-state index < -0.39 is 0 Å². The van der Waals surface area contributed by atoms with E-state index in [1.54, 1.807) is 0 Å². The van der Waals surface area contributed by atoms with Gasteiger partial charge >= 0.3 is 0 Å². The molecule has 0 aliphatic carbocycles. The molecular formula is C15H27NO. The molecule has 0 aliphatic heterocycles. The van der Waals surface area contributed by atoms with Crippen LogP contribution in [0.3, 0.4) is 0 Å². The molecule has 0 saturated carbocycles. The van der Waals surface area contributed by atoms with Crippen molar-refractivity contribution in [2.75, 3.05) is 0 Å². The van der Waals surface area contributed by atoms with Crippen LogP contribution in [-0.4, -0.2) is 12.0 Å². The zero-order valence-corrected chi connectivity index (χ0v) is 12.3. The summed E-state index contributed by atoms with van der Waals surface area (Å²) in [5.41, 5.74) is 1.51. The van der Waals surface area contributed by atoms with Gasteiger partial charge in [0.05, 0.1) is 0 Å². The zero-order valence-electron chi connectivity index (χ0n) is 12.3. The van der Waals surface area contributed by atoms with Gasteiger partial charge in [-0.3, -0.25) is 0 Å². The molecule has 0 heterocycles. The van der Waals surface area contributed by atoms with Gasteiger partial charge in [-0.15, -0.1) is 0 Å². The van der Waals surface area contributed by atoms with Crippen molar-refractivity contribution in [2.24, 2.45) is 17.3 Å². The van der Waals surface area contributed by atoms with Crippen molar-refractivity contribution in [2.45, 2.75) is 54.5 Å². The summed E-state index contributed by atoms with van der Waals surface area (Å²) < 4.78 is 0. The first-order chi connectivity index (χ1) is 7.67. The molecule has 0 rings (SSSR count). The molecule has 0 fully saturated rings. The van der Waals surface area contributed by atoms with Crippen LogP contribution in [-0.2, 0) is 4.79 Å². The predicted molar refractivity (Wildman–Crippen MR) is 74.4 cm³/mol. The van der Waals surface area contributed by atoms with E-state index in [1.165, 1.54) is 0 Å². The van der Waals surface area contributed by atoms with Crippen LogP contribution in [0.15, 0.2) is 17.8 Å². The van der Waals surface area contributed by atoms with E-state index in [0.29, 0.717) is 17.5 Å². The molecule has 17 heavy (non-hydrogen) atoms. The summed E-state index contributed by atoms with van der Waals surface area (Å²) in [4.78, 5) is 11.3. The molecule has 0 aromatic heterocycles. The van der Waals surface area contributed by atoms with E-state index in [1.807, 2.05) is 13.8 Å². The number of carbonyl (C=O) groups excluding carboxylic acids is 1. The summed E-state index contributed by atoms with van der Waals surface area (Å²) in [6.07, 6.45) is 0. The summed E-state index contributed by atoms with van der Waals surface area (Å²) in [6, 6.07) is 0.100. The SMILES string of the molecule is C=C(C)C(C)NC(=C=O)C(C)(C(C)C)C(C)C. The van der Waals surface area contributed by atoms with Crippen LogP contribution in [0.5, 0.6) is 0 Å². The summed E-state index contributed by atoms with van der Waals surface area (Å²) in [7, 11) is 0. The Morgan fingerprint density at radius 1 is 1.18 bits per heavy atom. The number of rotatable bonds is 6. The van der Waals surface area contributed by atoms with Crippen LogP contribution in [0.2, 0.25) is 0 Å². The van der Waals surface area contributed by atoms with Crippen molar-refractivity contribution in [1.29, 1.82) is 0 Å². The first kappa shape index (κ1) is 16.0. The van der Waals surface area contributed by atoms with Gasteiger partial charge in [-0.1, -0.05) is 46.8 Å². The van der Waals surface area contributed by atoms with E-state index in [9.17, 15) is 4.79 Å². The van der Waals surface area contributed by atoms with Crippen LogP contribution in [0.25, 0.3) is 0 Å². The lowest BCUT2D eigenvalue weighted by Gasteiger charge is -2.39. The number of nitrogens with one attached hydrogen (secondary N) is 1. The van der Waals surface area contributed by atoms with Crippen molar-refractivity contribution in [3.63, 3.8) is 0 Å². The van der Waals surface area contributed by atoms with Crippen LogP contribution < -0.4 is 5.32 Å². The Balaban J connectivity index is 5.24. The molecule has 0 aliphatic rings. The smallest absolute Gasteiger partial charge is 0.146 e. The van der Waals surface area contributed by atoms with E-state index in [0.717, 1.165) is 5.57 Å². The third-order valence-corrected chi connectivity index (χ3v) is 4.14. The van der Waals surface area contributed by atoms with Crippen LogP contribution in [0, 0.1) is 17.3 Å². The molecule has 0 amide bonds. The highest BCUT2D eigenvalue weighted by Crippen LogP contribution is 2.40. The maximum atomic E-state index is 11.3. The minimum atomic E-state index is -0.175. The highest BCUT2D eigenvalue weighted by Gasteiger charge is 2.37. The molecule has 2 heteroatoms. The second-order valence-corrected chi connectivity index (χ2v) is 5.78. The van der Waals surface area contributed by atoms with Crippen molar-refractivity contribution >= 4 is 5.94 Å². The van der Waals surface area contributed by atoms with Crippen molar-refractivity contribution < 1.29 is 4.79 Å². The molecule has 0 saturated heterocycles. The summed E-state index contributed by atoms with van der Waals surface area (Å²) in [6.45, 7) is 18.6. The second-order valence-electron chi connectivity index (χ2n) is 5.78. The van der Waals surface area contributed by atoms with Gasteiger partial charge in [0.1, 0.15) is 11.6 Å². The van der Waals surface area contributed by atoms with E-state index in [2.05, 4.69) is 52.5 Å². The highest BCUT2D eigenvalue weighted by molar-refractivity contribution is 5.54. The third kappa shape index (κ3) is 3.47. The Morgan fingerprint density at radius 2 is 1.59 bits per heavy atom. The minimum Gasteiger partial charge on any atom is -0.373 e. The molecule has 1 N–H and O–H groups in total. The van der Waals surface area contributed by atoms with Gasteiger partial charge in [0, 0.05) is 11.5 Å². The van der Waals surface area contributed by atoms with Gasteiger partial charge < -0.3 is 5.32 Å². The topological polar surface area (TPSA) is 29.1 Å². The second kappa shape index (κ2) is 6.07. The van der Waals surface area contributed by atoms with Crippen molar-refractivity contribution in [3.05, 3.63) is 17.8 Å². The van der Waals surface area contributed by atoms with Gasteiger partial charge in [-0.2, -0.15) is 0 Å². The molecule has 0 aromatic rings. The molecule has 2 nitrogen and oxygen atoms in total.